The van der Waals surface area contributed by atoms with E-state index in [0.717, 1.165) is 8.95 Å². The second kappa shape index (κ2) is 8.72. The molecule has 0 spiro atoms. The first-order valence-electron chi connectivity index (χ1n) is 9.43. The van der Waals surface area contributed by atoms with Gasteiger partial charge in [-0.25, -0.2) is 4.79 Å². The van der Waals surface area contributed by atoms with Crippen molar-refractivity contribution in [2.75, 3.05) is 4.90 Å². The van der Waals surface area contributed by atoms with Crippen LogP contribution in [0.15, 0.2) is 87.3 Å². The molecule has 0 aromatic heterocycles. The number of aliphatic hydroxyl groups is 1. The maximum atomic E-state index is 13.1. The molecular formula is C24H15Br2NO5. The first-order valence-corrected chi connectivity index (χ1v) is 11.0. The van der Waals surface area contributed by atoms with Crippen LogP contribution < -0.4 is 4.90 Å². The lowest BCUT2D eigenvalue weighted by molar-refractivity contribution is -0.132. The number of benzene rings is 3. The molecule has 6 nitrogen and oxygen atoms in total. The van der Waals surface area contributed by atoms with Gasteiger partial charge in [-0.1, -0.05) is 62.2 Å². The summed E-state index contributed by atoms with van der Waals surface area (Å²) in [5.74, 6) is -3.16. The number of rotatable bonds is 4. The third kappa shape index (κ3) is 3.99. The maximum absolute atomic E-state index is 13.1. The van der Waals surface area contributed by atoms with E-state index in [1.54, 1.807) is 54.6 Å². The van der Waals surface area contributed by atoms with Crippen LogP contribution in [0.25, 0.3) is 5.76 Å². The molecule has 160 valence electrons. The number of ketones is 1. The van der Waals surface area contributed by atoms with E-state index in [2.05, 4.69) is 31.9 Å². The number of Topliss-reactive ketones (excluding diaryl/α,β-unsaturated/α-hetero) is 1. The summed E-state index contributed by atoms with van der Waals surface area (Å²) in [6.45, 7) is 0. The van der Waals surface area contributed by atoms with Gasteiger partial charge in [0, 0.05) is 20.2 Å². The first-order chi connectivity index (χ1) is 15.3. The third-order valence-corrected chi connectivity index (χ3v) is 6.18. The summed E-state index contributed by atoms with van der Waals surface area (Å²) in [4.78, 5) is 38.9. The molecule has 1 saturated heterocycles. The fourth-order valence-corrected chi connectivity index (χ4v) is 4.14. The predicted octanol–water partition coefficient (Wildman–Crippen LogP) is 5.54. The zero-order valence-corrected chi connectivity index (χ0v) is 19.5. The largest absolute Gasteiger partial charge is 0.507 e. The van der Waals surface area contributed by atoms with Crippen molar-refractivity contribution >= 4 is 61.0 Å². The highest BCUT2D eigenvalue weighted by Crippen LogP contribution is 2.42. The zero-order valence-electron chi connectivity index (χ0n) is 16.3. The molecule has 0 bridgehead atoms. The van der Waals surface area contributed by atoms with E-state index in [0.29, 0.717) is 11.1 Å². The number of nitrogens with zero attached hydrogens (tertiary/aromatic N) is 1. The van der Waals surface area contributed by atoms with Crippen LogP contribution in [0.1, 0.15) is 27.5 Å². The molecule has 3 aromatic rings. The zero-order chi connectivity index (χ0) is 23.0. The molecule has 1 fully saturated rings. The Kier molecular flexibility index (Phi) is 5.99. The number of carbonyl (C=O) groups excluding carboxylic acids is 2. The number of amides is 1. The van der Waals surface area contributed by atoms with Crippen LogP contribution >= 0.6 is 31.9 Å². The fourth-order valence-electron chi connectivity index (χ4n) is 3.61. The van der Waals surface area contributed by atoms with Gasteiger partial charge in [0.1, 0.15) is 5.76 Å². The van der Waals surface area contributed by atoms with Crippen molar-refractivity contribution < 1.29 is 24.6 Å². The number of carboxylic acid groups (broad SMARTS) is 1. The van der Waals surface area contributed by atoms with Crippen molar-refractivity contribution in [3.8, 4) is 0 Å². The quantitative estimate of drug-likeness (QED) is 0.250. The molecule has 1 amide bonds. The molecule has 1 aliphatic heterocycles. The van der Waals surface area contributed by atoms with Gasteiger partial charge in [-0.15, -0.1) is 0 Å². The summed E-state index contributed by atoms with van der Waals surface area (Å²) >= 11 is 6.71. The summed E-state index contributed by atoms with van der Waals surface area (Å²) in [7, 11) is 0. The van der Waals surface area contributed by atoms with Crippen molar-refractivity contribution in [1.82, 2.24) is 0 Å². The van der Waals surface area contributed by atoms with Gasteiger partial charge in [-0.3, -0.25) is 14.5 Å². The van der Waals surface area contributed by atoms with Crippen LogP contribution in [0.4, 0.5) is 5.69 Å². The van der Waals surface area contributed by atoms with Crippen LogP contribution in [0.2, 0.25) is 0 Å². The summed E-state index contributed by atoms with van der Waals surface area (Å²) in [5.41, 5.74) is 1.13. The minimum Gasteiger partial charge on any atom is -0.507 e. The van der Waals surface area contributed by atoms with E-state index in [4.69, 9.17) is 0 Å². The number of aliphatic hydroxyl groups excluding tert-OH is 1. The molecule has 0 radical (unpaired) electrons. The molecule has 1 heterocycles. The van der Waals surface area contributed by atoms with Crippen molar-refractivity contribution in [1.29, 1.82) is 0 Å². The molecule has 8 heteroatoms. The topological polar surface area (TPSA) is 94.9 Å². The Labute approximate surface area is 200 Å². The Balaban J connectivity index is 1.94. The molecular weight excluding hydrogens is 542 g/mol. The Hall–Kier alpha value is -3.23. The van der Waals surface area contributed by atoms with Gasteiger partial charge < -0.3 is 10.2 Å². The van der Waals surface area contributed by atoms with E-state index in [1.807, 2.05) is 0 Å². The van der Waals surface area contributed by atoms with Crippen LogP contribution in [-0.2, 0) is 9.59 Å². The average Bonchev–Trinajstić information content (AvgIpc) is 3.05. The number of aromatic carboxylic acids is 1. The van der Waals surface area contributed by atoms with Crippen molar-refractivity contribution in [3.05, 3.63) is 104 Å². The molecule has 4 rings (SSSR count). The Morgan fingerprint density at radius 3 is 2.00 bits per heavy atom. The normalized spacial score (nSPS) is 17.6. The summed E-state index contributed by atoms with van der Waals surface area (Å²) < 4.78 is 1.60. The summed E-state index contributed by atoms with van der Waals surface area (Å²) in [6, 6.07) is 18.6. The Morgan fingerprint density at radius 2 is 1.41 bits per heavy atom. The lowest BCUT2D eigenvalue weighted by Gasteiger charge is -2.25. The van der Waals surface area contributed by atoms with Gasteiger partial charge >= 0.3 is 5.97 Å². The number of carboxylic acids is 1. The lowest BCUT2D eigenvalue weighted by atomic mass is 9.95. The Morgan fingerprint density at radius 1 is 0.812 bits per heavy atom. The number of halogens is 2. The third-order valence-electron chi connectivity index (χ3n) is 5.12. The highest BCUT2D eigenvalue weighted by Gasteiger charge is 2.47. The molecule has 3 aromatic carbocycles. The number of hydrogen-bond donors (Lipinski definition) is 2. The second-order valence-electron chi connectivity index (χ2n) is 7.08. The van der Waals surface area contributed by atoms with Gasteiger partial charge in [0.25, 0.3) is 11.7 Å². The molecule has 1 atom stereocenters. The van der Waals surface area contributed by atoms with Crippen molar-refractivity contribution in [3.63, 3.8) is 0 Å². The number of hydrogen-bond acceptors (Lipinski definition) is 4. The van der Waals surface area contributed by atoms with Gasteiger partial charge in [0.15, 0.2) is 0 Å². The molecule has 0 saturated carbocycles. The van der Waals surface area contributed by atoms with Gasteiger partial charge in [-0.2, -0.15) is 0 Å². The Bertz CT molecular complexity index is 1270. The summed E-state index contributed by atoms with van der Waals surface area (Å²) in [5, 5.41) is 20.4. The molecule has 0 aliphatic carbocycles. The van der Waals surface area contributed by atoms with Gasteiger partial charge in [0.2, 0.25) is 0 Å². The number of anilines is 1. The van der Waals surface area contributed by atoms with E-state index < -0.39 is 23.7 Å². The SMILES string of the molecule is O=C1C(=O)N(c2cccc(C(=O)O)c2)C(c2ccc(Br)cc2)/C1=C(\O)c1ccc(Br)cc1. The maximum Gasteiger partial charge on any atom is 0.335 e. The highest BCUT2D eigenvalue weighted by molar-refractivity contribution is 9.10. The van der Waals surface area contributed by atoms with E-state index in [9.17, 15) is 24.6 Å². The lowest BCUT2D eigenvalue weighted by Crippen LogP contribution is -2.29. The van der Waals surface area contributed by atoms with E-state index in [1.165, 1.54) is 23.1 Å². The minimum absolute atomic E-state index is 0.0214. The molecule has 1 aliphatic rings. The minimum atomic E-state index is -1.15. The summed E-state index contributed by atoms with van der Waals surface area (Å²) in [6.07, 6.45) is 0. The fraction of sp³-hybridized carbons (Fsp3) is 0.0417. The van der Waals surface area contributed by atoms with Crippen molar-refractivity contribution in [2.24, 2.45) is 0 Å². The van der Waals surface area contributed by atoms with E-state index >= 15 is 0 Å². The smallest absolute Gasteiger partial charge is 0.335 e. The highest BCUT2D eigenvalue weighted by atomic mass is 79.9. The average molecular weight is 557 g/mol. The predicted molar refractivity (Wildman–Crippen MR) is 126 cm³/mol. The monoisotopic (exact) mass is 555 g/mol. The molecule has 2 N–H and O–H groups in total. The van der Waals surface area contributed by atoms with Crippen LogP contribution in [-0.4, -0.2) is 27.9 Å². The van der Waals surface area contributed by atoms with E-state index in [-0.39, 0.29) is 22.6 Å². The standard InChI is InChI=1S/C24H15Br2NO5/c25-16-8-4-13(5-9-16)20-19(21(28)14-6-10-17(26)11-7-14)22(29)23(30)27(20)18-3-1-2-15(12-18)24(31)32/h1-12,20,28H,(H,31,32)/b21-19+. The van der Waals surface area contributed by atoms with Crippen LogP contribution in [0.3, 0.4) is 0 Å². The molecule has 1 unspecified atom stereocenters. The van der Waals surface area contributed by atoms with Crippen molar-refractivity contribution in [2.45, 2.75) is 6.04 Å². The van der Waals surface area contributed by atoms with Gasteiger partial charge in [-0.05, 0) is 48.0 Å². The van der Waals surface area contributed by atoms with Gasteiger partial charge in [0.05, 0.1) is 17.2 Å². The first kappa shape index (κ1) is 22.0. The second-order valence-corrected chi connectivity index (χ2v) is 8.91. The molecule has 32 heavy (non-hydrogen) atoms. The van der Waals surface area contributed by atoms with Crippen LogP contribution in [0, 0.1) is 0 Å². The number of carbonyl (C=O) groups is 3. The van der Waals surface area contributed by atoms with Crippen LogP contribution in [0.5, 0.6) is 0 Å².